The maximum absolute atomic E-state index is 9.24. The Labute approximate surface area is 135 Å². The van der Waals surface area contributed by atoms with Gasteiger partial charge in [0.15, 0.2) is 0 Å². The number of benzene rings is 1. The van der Waals surface area contributed by atoms with E-state index < -0.39 is 0 Å². The molecule has 1 unspecified atom stereocenters. The fourth-order valence-corrected chi connectivity index (χ4v) is 2.04. The molecule has 0 aliphatic rings. The minimum Gasteiger partial charge on any atom is -0.456 e. The quantitative estimate of drug-likeness (QED) is 0.678. The number of aromatic nitrogens is 1. The van der Waals surface area contributed by atoms with Crippen molar-refractivity contribution >= 4 is 23.1 Å². The van der Waals surface area contributed by atoms with Gasteiger partial charge in [-0.25, -0.2) is 4.98 Å². The first kappa shape index (κ1) is 16.4. The number of nitrogens with one attached hydrogen (secondary N) is 1. The van der Waals surface area contributed by atoms with Crippen molar-refractivity contribution in [3.63, 3.8) is 0 Å². The van der Waals surface area contributed by atoms with Gasteiger partial charge < -0.3 is 20.9 Å². The number of anilines is 2. The van der Waals surface area contributed by atoms with Gasteiger partial charge in [-0.3, -0.25) is 0 Å². The molecule has 5 nitrogen and oxygen atoms in total. The lowest BCUT2D eigenvalue weighted by atomic mass is 10.2. The van der Waals surface area contributed by atoms with Crippen molar-refractivity contribution in [2.24, 2.45) is 0 Å². The van der Waals surface area contributed by atoms with Crippen molar-refractivity contribution in [1.82, 2.24) is 4.98 Å². The summed E-state index contributed by atoms with van der Waals surface area (Å²) in [7, 11) is 0. The second-order valence-corrected chi connectivity index (χ2v) is 5.51. The summed E-state index contributed by atoms with van der Waals surface area (Å²) in [4.78, 5) is 4.12. The number of pyridine rings is 1. The third-order valence-corrected chi connectivity index (χ3v) is 3.31. The van der Waals surface area contributed by atoms with Gasteiger partial charge in [0.25, 0.3) is 0 Å². The van der Waals surface area contributed by atoms with Crippen LogP contribution in [0.3, 0.4) is 0 Å². The smallest absolute Gasteiger partial charge is 0.147 e. The zero-order valence-electron chi connectivity index (χ0n) is 12.4. The highest BCUT2D eigenvalue weighted by molar-refractivity contribution is 6.30. The average Bonchev–Trinajstić information content (AvgIpc) is 2.49. The Morgan fingerprint density at radius 2 is 2.05 bits per heavy atom. The number of nitrogens with zero attached hydrogens (tertiary/aromatic N) is 1. The Balaban J connectivity index is 1.98. The van der Waals surface area contributed by atoms with E-state index in [2.05, 4.69) is 10.3 Å². The maximum Gasteiger partial charge on any atom is 0.147 e. The Hall–Kier alpha value is -1.98. The number of hydrogen-bond acceptors (Lipinski definition) is 5. The summed E-state index contributed by atoms with van der Waals surface area (Å²) in [6.07, 6.45) is 2.86. The van der Waals surface area contributed by atoms with Crippen LogP contribution in [-0.4, -0.2) is 22.7 Å². The third kappa shape index (κ3) is 5.09. The van der Waals surface area contributed by atoms with Gasteiger partial charge in [-0.05, 0) is 44.0 Å². The van der Waals surface area contributed by atoms with Crippen molar-refractivity contribution in [3.8, 4) is 11.5 Å². The van der Waals surface area contributed by atoms with Crippen LogP contribution in [0.5, 0.6) is 11.5 Å². The maximum atomic E-state index is 9.24. The number of nitrogen functional groups attached to an aromatic ring is 1. The van der Waals surface area contributed by atoms with Crippen LogP contribution in [0.25, 0.3) is 0 Å². The third-order valence-electron chi connectivity index (χ3n) is 3.06. The van der Waals surface area contributed by atoms with Crippen molar-refractivity contribution in [3.05, 3.63) is 41.6 Å². The summed E-state index contributed by atoms with van der Waals surface area (Å²) in [6, 6.07) is 8.90. The average molecular weight is 322 g/mol. The molecule has 0 aliphatic carbocycles. The Morgan fingerprint density at radius 3 is 2.73 bits per heavy atom. The van der Waals surface area contributed by atoms with Crippen LogP contribution < -0.4 is 15.8 Å². The molecule has 1 atom stereocenters. The highest BCUT2D eigenvalue weighted by Crippen LogP contribution is 2.27. The van der Waals surface area contributed by atoms with E-state index in [0.29, 0.717) is 28.9 Å². The van der Waals surface area contributed by atoms with E-state index in [1.54, 1.807) is 43.5 Å². The van der Waals surface area contributed by atoms with Gasteiger partial charge in [-0.2, -0.15) is 0 Å². The number of rotatable bonds is 7. The Kier molecular flexibility index (Phi) is 5.86. The summed E-state index contributed by atoms with van der Waals surface area (Å²) < 4.78 is 5.72. The number of nitrogens with two attached hydrogens (primary N) is 1. The molecule has 2 rings (SSSR count). The van der Waals surface area contributed by atoms with Crippen LogP contribution >= 0.6 is 11.6 Å². The van der Waals surface area contributed by atoms with E-state index in [1.165, 1.54) is 0 Å². The van der Waals surface area contributed by atoms with Crippen molar-refractivity contribution in [2.45, 2.75) is 25.9 Å². The second-order valence-electron chi connectivity index (χ2n) is 5.08. The van der Waals surface area contributed by atoms with Crippen LogP contribution in [0.15, 0.2) is 36.5 Å². The molecule has 0 fully saturated rings. The van der Waals surface area contributed by atoms with Crippen LogP contribution in [-0.2, 0) is 0 Å². The van der Waals surface area contributed by atoms with E-state index in [4.69, 9.17) is 22.1 Å². The minimum atomic E-state index is -0.295. The molecule has 1 aromatic heterocycles. The lowest BCUT2D eigenvalue weighted by molar-refractivity contribution is 0.183. The predicted octanol–water partition coefficient (Wildman–Crippen LogP) is 3.68. The van der Waals surface area contributed by atoms with Crippen LogP contribution in [0.1, 0.15) is 19.8 Å². The number of hydrogen-bond donors (Lipinski definition) is 3. The van der Waals surface area contributed by atoms with Crippen LogP contribution in [0.4, 0.5) is 11.5 Å². The van der Waals surface area contributed by atoms with Gasteiger partial charge in [0.2, 0.25) is 0 Å². The lowest BCUT2D eigenvalue weighted by Gasteiger charge is -2.12. The molecule has 1 heterocycles. The minimum absolute atomic E-state index is 0.295. The number of ether oxygens (including phenoxy) is 1. The highest BCUT2D eigenvalue weighted by Gasteiger charge is 2.05. The normalized spacial score (nSPS) is 12.0. The molecule has 1 aromatic carbocycles. The Morgan fingerprint density at radius 1 is 1.32 bits per heavy atom. The van der Waals surface area contributed by atoms with Crippen molar-refractivity contribution in [1.29, 1.82) is 0 Å². The molecule has 2 aromatic rings. The van der Waals surface area contributed by atoms with E-state index in [0.717, 1.165) is 18.5 Å². The molecule has 0 aliphatic heterocycles. The molecule has 0 amide bonds. The standard InChI is InChI=1S/C16H20ClN3O2/c1-11(21)3-2-8-19-15-9-14(10-20-16(15)18)22-13-6-4-12(17)5-7-13/h4-7,9-11,19,21H,2-3,8H2,1H3,(H2,18,20). The van der Waals surface area contributed by atoms with E-state index in [-0.39, 0.29) is 6.10 Å². The summed E-state index contributed by atoms with van der Waals surface area (Å²) in [5.41, 5.74) is 6.57. The SMILES string of the molecule is CC(O)CCCNc1cc(Oc2ccc(Cl)cc2)cnc1N. The van der Waals surface area contributed by atoms with Crippen LogP contribution in [0.2, 0.25) is 5.02 Å². The van der Waals surface area contributed by atoms with Gasteiger partial charge in [0, 0.05) is 17.6 Å². The zero-order chi connectivity index (χ0) is 15.9. The van der Waals surface area contributed by atoms with Gasteiger partial charge in [0.1, 0.15) is 17.3 Å². The Bertz CT molecular complexity index is 603. The van der Waals surface area contributed by atoms with E-state index in [1.807, 2.05) is 0 Å². The molecule has 118 valence electrons. The molecule has 0 spiro atoms. The summed E-state index contributed by atoms with van der Waals surface area (Å²) in [6.45, 7) is 2.48. The number of aliphatic hydroxyl groups excluding tert-OH is 1. The lowest BCUT2D eigenvalue weighted by Crippen LogP contribution is -2.08. The van der Waals surface area contributed by atoms with Gasteiger partial charge in [0.05, 0.1) is 18.0 Å². The predicted molar refractivity (Wildman–Crippen MR) is 89.6 cm³/mol. The molecular weight excluding hydrogens is 302 g/mol. The molecule has 0 bridgehead atoms. The fourth-order valence-electron chi connectivity index (χ4n) is 1.91. The van der Waals surface area contributed by atoms with E-state index >= 15 is 0 Å². The summed E-state index contributed by atoms with van der Waals surface area (Å²) in [5, 5.41) is 13.1. The second kappa shape index (κ2) is 7.87. The molecule has 0 saturated heterocycles. The highest BCUT2D eigenvalue weighted by atomic mass is 35.5. The van der Waals surface area contributed by atoms with Crippen LogP contribution in [0, 0.1) is 0 Å². The number of aliphatic hydroxyl groups is 1. The molecule has 22 heavy (non-hydrogen) atoms. The first-order valence-corrected chi connectivity index (χ1v) is 7.53. The monoisotopic (exact) mass is 321 g/mol. The molecule has 0 radical (unpaired) electrons. The van der Waals surface area contributed by atoms with Crippen molar-refractivity contribution < 1.29 is 9.84 Å². The molecular formula is C16H20ClN3O2. The fraction of sp³-hybridized carbons (Fsp3) is 0.312. The zero-order valence-corrected chi connectivity index (χ0v) is 13.2. The van der Waals surface area contributed by atoms with E-state index in [9.17, 15) is 5.11 Å². The molecule has 0 saturated carbocycles. The van der Waals surface area contributed by atoms with Gasteiger partial charge >= 0.3 is 0 Å². The first-order valence-electron chi connectivity index (χ1n) is 7.15. The summed E-state index contributed by atoms with van der Waals surface area (Å²) >= 11 is 5.84. The van der Waals surface area contributed by atoms with Crippen molar-refractivity contribution in [2.75, 3.05) is 17.6 Å². The molecule has 6 heteroatoms. The van der Waals surface area contributed by atoms with Gasteiger partial charge in [-0.1, -0.05) is 11.6 Å². The molecule has 4 N–H and O–H groups in total. The van der Waals surface area contributed by atoms with Gasteiger partial charge in [-0.15, -0.1) is 0 Å². The largest absolute Gasteiger partial charge is 0.456 e. The first-order chi connectivity index (χ1) is 10.5. The summed E-state index contributed by atoms with van der Waals surface area (Å²) in [5.74, 6) is 1.69. The number of halogens is 1. The topological polar surface area (TPSA) is 80.4 Å².